The van der Waals surface area contributed by atoms with Crippen LogP contribution in [-0.2, 0) is 10.9 Å². The maximum Gasteiger partial charge on any atom is 0.417 e. The van der Waals surface area contributed by atoms with Crippen LogP contribution in [0.25, 0.3) is 21.7 Å². The molecule has 46 heavy (non-hydrogen) atoms. The van der Waals surface area contributed by atoms with Crippen LogP contribution in [0.3, 0.4) is 0 Å². The highest BCUT2D eigenvalue weighted by Gasteiger charge is 2.33. The van der Waals surface area contributed by atoms with Gasteiger partial charge in [-0.3, -0.25) is 14.7 Å². The lowest BCUT2D eigenvalue weighted by Crippen LogP contribution is -2.37. The average molecular weight is 652 g/mol. The first-order chi connectivity index (χ1) is 22.2. The lowest BCUT2D eigenvalue weighted by atomic mass is 10.0. The van der Waals surface area contributed by atoms with E-state index in [9.17, 15) is 23.1 Å². The third kappa shape index (κ3) is 7.12. The standard InChI is InChI=1S/C34H29ClF3N3O5/c35-28-8-5-22(18-27(28)34(36,37)38)40-33(43)25-4-1-3-21-17-23(6-7-24(21)25)46-31-9-10-39-29-20-32(30(42)19-26(29)31)45-14-2-11-41-12-15-44-16-13-41/h1,3-10,17-20,42H,2,11-16H2,(H,40,43). The highest BCUT2D eigenvalue weighted by atomic mass is 35.5. The monoisotopic (exact) mass is 651 g/mol. The SMILES string of the molecule is O=C(Nc1ccc(Cl)c(C(F)(F)F)c1)c1cccc2cc(Oc3ccnc4cc(OCCCN5CCOCC5)c(O)cc34)ccc12. The fraction of sp³-hybridized carbons (Fsp3) is 0.235. The van der Waals surface area contributed by atoms with Crippen LogP contribution in [0, 0.1) is 0 Å². The van der Waals surface area contributed by atoms with Gasteiger partial charge < -0.3 is 24.6 Å². The second-order valence-electron chi connectivity index (χ2n) is 10.7. The fourth-order valence-electron chi connectivity index (χ4n) is 5.31. The first-order valence-electron chi connectivity index (χ1n) is 14.6. The molecule has 0 radical (unpaired) electrons. The number of halogens is 4. The van der Waals surface area contributed by atoms with Crippen LogP contribution in [0.5, 0.6) is 23.0 Å². The van der Waals surface area contributed by atoms with Gasteiger partial charge in [0.1, 0.15) is 11.5 Å². The molecule has 8 nitrogen and oxygen atoms in total. The van der Waals surface area contributed by atoms with Gasteiger partial charge in [0.2, 0.25) is 0 Å². The van der Waals surface area contributed by atoms with Crippen LogP contribution in [0.2, 0.25) is 5.02 Å². The number of aromatic nitrogens is 1. The van der Waals surface area contributed by atoms with Crippen molar-refractivity contribution < 1.29 is 37.3 Å². The summed E-state index contributed by atoms with van der Waals surface area (Å²) >= 11 is 5.71. The molecule has 1 aromatic heterocycles. The minimum atomic E-state index is -4.66. The van der Waals surface area contributed by atoms with Crippen LogP contribution < -0.4 is 14.8 Å². The predicted molar refractivity (Wildman–Crippen MR) is 169 cm³/mol. The van der Waals surface area contributed by atoms with Crippen molar-refractivity contribution in [2.75, 3.05) is 44.8 Å². The number of ether oxygens (including phenoxy) is 3. The van der Waals surface area contributed by atoms with Gasteiger partial charge in [-0.15, -0.1) is 0 Å². The number of phenolic OH excluding ortho intramolecular Hbond substituents is 1. The van der Waals surface area contributed by atoms with E-state index in [1.165, 1.54) is 6.07 Å². The van der Waals surface area contributed by atoms with Crippen LogP contribution >= 0.6 is 11.6 Å². The van der Waals surface area contributed by atoms with E-state index in [1.54, 1.807) is 60.8 Å². The van der Waals surface area contributed by atoms with Crippen molar-refractivity contribution in [2.45, 2.75) is 12.6 Å². The van der Waals surface area contributed by atoms with Crippen molar-refractivity contribution >= 4 is 44.9 Å². The Hall–Kier alpha value is -4.58. The van der Waals surface area contributed by atoms with Gasteiger partial charge in [0, 0.05) is 48.5 Å². The highest BCUT2D eigenvalue weighted by Crippen LogP contribution is 2.38. The largest absolute Gasteiger partial charge is 0.504 e. The van der Waals surface area contributed by atoms with Crippen LogP contribution in [-0.4, -0.2) is 60.4 Å². The van der Waals surface area contributed by atoms with E-state index < -0.39 is 22.7 Å². The summed E-state index contributed by atoms with van der Waals surface area (Å²) in [7, 11) is 0. The molecule has 0 bridgehead atoms. The van der Waals surface area contributed by atoms with Crippen LogP contribution in [0.15, 0.2) is 79.0 Å². The Morgan fingerprint density at radius 1 is 1.00 bits per heavy atom. The highest BCUT2D eigenvalue weighted by molar-refractivity contribution is 6.31. The summed E-state index contributed by atoms with van der Waals surface area (Å²) in [5.41, 5.74) is -0.224. The number of carbonyl (C=O) groups excluding carboxylic acids is 1. The number of benzene rings is 4. The number of aromatic hydroxyl groups is 1. The summed E-state index contributed by atoms with van der Waals surface area (Å²) in [6.07, 6.45) is -2.26. The molecule has 0 spiro atoms. The molecule has 4 aromatic carbocycles. The van der Waals surface area contributed by atoms with Gasteiger partial charge in [0.25, 0.3) is 5.91 Å². The number of nitrogens with one attached hydrogen (secondary N) is 1. The first-order valence-corrected chi connectivity index (χ1v) is 15.0. The topological polar surface area (TPSA) is 93.2 Å². The smallest absolute Gasteiger partial charge is 0.417 e. The number of hydrogen-bond acceptors (Lipinski definition) is 7. The minimum absolute atomic E-state index is 0.0334. The lowest BCUT2D eigenvalue weighted by Gasteiger charge is -2.26. The van der Waals surface area contributed by atoms with Gasteiger partial charge >= 0.3 is 6.18 Å². The van der Waals surface area contributed by atoms with E-state index in [4.69, 9.17) is 25.8 Å². The van der Waals surface area contributed by atoms with Gasteiger partial charge in [-0.25, -0.2) is 0 Å². The number of nitrogens with zero attached hydrogens (tertiary/aromatic N) is 2. The molecule has 12 heteroatoms. The molecule has 0 aliphatic carbocycles. The number of rotatable bonds is 9. The summed E-state index contributed by atoms with van der Waals surface area (Å²) in [6, 6.07) is 18.3. The molecular weight excluding hydrogens is 623 g/mol. The maximum absolute atomic E-state index is 13.3. The third-order valence-corrected chi connectivity index (χ3v) is 7.95. The van der Waals surface area contributed by atoms with Gasteiger partial charge in [-0.1, -0.05) is 23.7 Å². The van der Waals surface area contributed by atoms with Crippen molar-refractivity contribution in [3.8, 4) is 23.0 Å². The van der Waals surface area contributed by atoms with Crippen molar-refractivity contribution in [2.24, 2.45) is 0 Å². The molecule has 0 unspecified atom stereocenters. The molecule has 1 aliphatic heterocycles. The molecule has 2 heterocycles. The molecular formula is C34H29ClF3N3O5. The Kier molecular flexibility index (Phi) is 9.16. The molecule has 1 amide bonds. The zero-order chi connectivity index (χ0) is 32.3. The van der Waals surface area contributed by atoms with E-state index in [1.807, 2.05) is 0 Å². The lowest BCUT2D eigenvalue weighted by molar-refractivity contribution is -0.137. The molecule has 238 valence electrons. The Morgan fingerprint density at radius 3 is 2.63 bits per heavy atom. The Bertz CT molecular complexity index is 1900. The summed E-state index contributed by atoms with van der Waals surface area (Å²) in [5.74, 6) is 0.644. The van der Waals surface area contributed by atoms with E-state index in [0.29, 0.717) is 45.5 Å². The third-order valence-electron chi connectivity index (χ3n) is 7.62. The van der Waals surface area contributed by atoms with Crippen LogP contribution in [0.1, 0.15) is 22.3 Å². The van der Waals surface area contributed by atoms with Gasteiger partial charge in [-0.05, 0) is 71.8 Å². The normalized spacial score (nSPS) is 14.0. The number of alkyl halides is 3. The molecule has 6 rings (SSSR count). The van der Waals surface area contributed by atoms with Crippen molar-refractivity contribution in [3.05, 3.63) is 95.1 Å². The van der Waals surface area contributed by atoms with Crippen molar-refractivity contribution in [3.63, 3.8) is 0 Å². The van der Waals surface area contributed by atoms with Gasteiger partial charge in [-0.2, -0.15) is 13.2 Å². The molecule has 0 saturated carbocycles. The quantitative estimate of drug-likeness (QED) is 0.157. The number of hydrogen-bond donors (Lipinski definition) is 2. The number of morpholine rings is 1. The average Bonchev–Trinajstić information content (AvgIpc) is 3.04. The zero-order valence-corrected chi connectivity index (χ0v) is 25.2. The van der Waals surface area contributed by atoms with Crippen molar-refractivity contribution in [1.82, 2.24) is 9.88 Å². The predicted octanol–water partition coefficient (Wildman–Crippen LogP) is 7.91. The second kappa shape index (κ2) is 13.4. The Labute approximate surface area is 267 Å². The zero-order valence-electron chi connectivity index (χ0n) is 24.4. The van der Waals surface area contributed by atoms with E-state index in [2.05, 4.69) is 15.2 Å². The first kappa shape index (κ1) is 31.4. The molecule has 5 aromatic rings. The van der Waals surface area contributed by atoms with Crippen molar-refractivity contribution in [1.29, 1.82) is 0 Å². The van der Waals surface area contributed by atoms with E-state index in [0.717, 1.165) is 51.4 Å². The molecule has 1 saturated heterocycles. The number of amides is 1. The van der Waals surface area contributed by atoms with Gasteiger partial charge in [0.05, 0.1) is 35.9 Å². The minimum Gasteiger partial charge on any atom is -0.504 e. The number of fused-ring (bicyclic) bond motifs is 2. The molecule has 1 aliphatic rings. The Balaban J connectivity index is 1.17. The molecule has 1 fully saturated rings. The fourth-order valence-corrected chi connectivity index (χ4v) is 5.53. The summed E-state index contributed by atoms with van der Waals surface area (Å²) in [5, 5.41) is 14.6. The molecule has 0 atom stereocenters. The van der Waals surface area contributed by atoms with E-state index in [-0.39, 0.29) is 17.0 Å². The summed E-state index contributed by atoms with van der Waals surface area (Å²) in [4.78, 5) is 19.8. The second-order valence-corrected chi connectivity index (χ2v) is 11.1. The Morgan fingerprint density at radius 2 is 1.83 bits per heavy atom. The summed E-state index contributed by atoms with van der Waals surface area (Å²) < 4.78 is 57.3. The number of phenols is 1. The number of anilines is 1. The van der Waals surface area contributed by atoms with Gasteiger partial charge in [0.15, 0.2) is 11.5 Å². The maximum atomic E-state index is 13.3. The van der Waals surface area contributed by atoms with Crippen LogP contribution in [0.4, 0.5) is 18.9 Å². The number of carbonyl (C=O) groups is 1. The number of pyridine rings is 1. The summed E-state index contributed by atoms with van der Waals surface area (Å²) in [6.45, 7) is 4.61. The van der Waals surface area contributed by atoms with E-state index >= 15 is 0 Å². The molecule has 2 N–H and O–H groups in total.